The topological polar surface area (TPSA) is 75.7 Å². The average molecular weight is 374 g/mol. The Morgan fingerprint density at radius 3 is 2.31 bits per heavy atom. The fraction of sp³-hybridized carbons (Fsp3) is 0.316. The lowest BCUT2D eigenvalue weighted by Crippen LogP contribution is -2.39. The van der Waals surface area contributed by atoms with E-state index in [-0.39, 0.29) is 29.3 Å². The second kappa shape index (κ2) is 7.47. The van der Waals surface area contributed by atoms with E-state index in [1.54, 1.807) is 37.4 Å². The van der Waals surface area contributed by atoms with E-state index in [2.05, 4.69) is 5.32 Å². The van der Waals surface area contributed by atoms with Gasteiger partial charge in [-0.15, -0.1) is 0 Å². The number of sulfonamides is 1. The number of nitrogens with one attached hydrogen (secondary N) is 1. The third-order valence-corrected chi connectivity index (χ3v) is 6.45. The molecule has 0 spiro atoms. The van der Waals surface area contributed by atoms with Crippen molar-refractivity contribution < 1.29 is 17.9 Å². The van der Waals surface area contributed by atoms with E-state index in [4.69, 9.17) is 4.74 Å². The summed E-state index contributed by atoms with van der Waals surface area (Å²) in [5.41, 5.74) is 0.968. The normalized spacial score (nSPS) is 20.7. The first-order chi connectivity index (χ1) is 12.4. The van der Waals surface area contributed by atoms with Gasteiger partial charge in [-0.25, -0.2) is 8.42 Å². The van der Waals surface area contributed by atoms with Crippen LogP contribution in [-0.2, 0) is 14.8 Å². The van der Waals surface area contributed by atoms with Gasteiger partial charge in [0.15, 0.2) is 0 Å². The lowest BCUT2D eigenvalue weighted by atomic mass is 9.94. The Hall–Kier alpha value is -2.38. The van der Waals surface area contributed by atoms with Crippen LogP contribution in [0.4, 0.5) is 0 Å². The molecule has 0 aliphatic carbocycles. The molecule has 1 aliphatic heterocycles. The predicted octanol–water partition coefficient (Wildman–Crippen LogP) is 1.99. The van der Waals surface area contributed by atoms with Gasteiger partial charge in [0.1, 0.15) is 5.75 Å². The molecule has 1 fully saturated rings. The minimum Gasteiger partial charge on any atom is -0.497 e. The summed E-state index contributed by atoms with van der Waals surface area (Å²) < 4.78 is 32.5. The third-order valence-electron chi connectivity index (χ3n) is 4.60. The fourth-order valence-electron chi connectivity index (χ4n) is 3.30. The first-order valence-corrected chi connectivity index (χ1v) is 9.82. The number of ether oxygens (including phenoxy) is 1. The molecular formula is C19H22N2O4S. The molecule has 7 heteroatoms. The summed E-state index contributed by atoms with van der Waals surface area (Å²) >= 11 is 0. The fourth-order valence-corrected chi connectivity index (χ4v) is 4.81. The highest BCUT2D eigenvalue weighted by atomic mass is 32.2. The van der Waals surface area contributed by atoms with Crippen molar-refractivity contribution >= 4 is 15.9 Å². The molecule has 0 radical (unpaired) electrons. The van der Waals surface area contributed by atoms with Crippen molar-refractivity contribution in [3.05, 3.63) is 60.2 Å². The van der Waals surface area contributed by atoms with Crippen LogP contribution < -0.4 is 10.1 Å². The molecule has 2 atom stereocenters. The van der Waals surface area contributed by atoms with Crippen molar-refractivity contribution in [2.75, 3.05) is 20.2 Å². The van der Waals surface area contributed by atoms with E-state index in [1.807, 2.05) is 24.3 Å². The predicted molar refractivity (Wildman–Crippen MR) is 98.5 cm³/mol. The van der Waals surface area contributed by atoms with Gasteiger partial charge >= 0.3 is 0 Å². The van der Waals surface area contributed by atoms with Crippen molar-refractivity contribution in [3.63, 3.8) is 0 Å². The number of rotatable bonds is 5. The number of benzene rings is 2. The third kappa shape index (κ3) is 3.73. The lowest BCUT2D eigenvalue weighted by Gasteiger charge is -2.19. The minimum atomic E-state index is -3.60. The van der Waals surface area contributed by atoms with Gasteiger partial charge in [-0.3, -0.25) is 4.79 Å². The molecule has 1 N–H and O–H groups in total. The quantitative estimate of drug-likeness (QED) is 0.868. The first-order valence-electron chi connectivity index (χ1n) is 8.38. The maximum absolute atomic E-state index is 12.9. The van der Waals surface area contributed by atoms with Gasteiger partial charge in [0.25, 0.3) is 0 Å². The number of hydrogen-bond acceptors (Lipinski definition) is 4. The second-order valence-electron chi connectivity index (χ2n) is 6.32. The van der Waals surface area contributed by atoms with E-state index in [9.17, 15) is 13.2 Å². The number of hydrogen-bond donors (Lipinski definition) is 1. The SMILES string of the molecule is COc1ccc(C2CN(S(=O)(=O)c3ccccc3)CC2NC(C)=O)cc1. The van der Waals surface area contributed by atoms with E-state index < -0.39 is 10.0 Å². The lowest BCUT2D eigenvalue weighted by molar-refractivity contribution is -0.119. The molecule has 0 saturated carbocycles. The van der Waals surface area contributed by atoms with Gasteiger partial charge < -0.3 is 10.1 Å². The summed E-state index contributed by atoms with van der Waals surface area (Å²) in [5, 5.41) is 2.90. The largest absolute Gasteiger partial charge is 0.497 e. The molecule has 0 bridgehead atoms. The van der Waals surface area contributed by atoms with Crippen LogP contribution in [0.15, 0.2) is 59.5 Å². The van der Waals surface area contributed by atoms with Gasteiger partial charge in [-0.1, -0.05) is 30.3 Å². The average Bonchev–Trinajstić information content (AvgIpc) is 3.06. The minimum absolute atomic E-state index is 0.122. The molecule has 1 heterocycles. The molecule has 0 aromatic heterocycles. The molecule has 1 saturated heterocycles. The molecule has 2 aromatic rings. The maximum Gasteiger partial charge on any atom is 0.243 e. The smallest absolute Gasteiger partial charge is 0.243 e. The Morgan fingerprint density at radius 1 is 1.08 bits per heavy atom. The Balaban J connectivity index is 1.90. The van der Waals surface area contributed by atoms with E-state index >= 15 is 0 Å². The van der Waals surface area contributed by atoms with Crippen LogP contribution in [0.1, 0.15) is 18.4 Å². The molecular weight excluding hydrogens is 352 g/mol. The summed E-state index contributed by atoms with van der Waals surface area (Å²) in [5.74, 6) is 0.437. The van der Waals surface area contributed by atoms with Crippen molar-refractivity contribution in [1.29, 1.82) is 0 Å². The Kier molecular flexibility index (Phi) is 5.29. The number of nitrogens with zero attached hydrogens (tertiary/aromatic N) is 1. The summed E-state index contributed by atoms with van der Waals surface area (Å²) in [4.78, 5) is 11.9. The van der Waals surface area contributed by atoms with Crippen LogP contribution in [-0.4, -0.2) is 44.9 Å². The van der Waals surface area contributed by atoms with E-state index in [0.717, 1.165) is 11.3 Å². The van der Waals surface area contributed by atoms with Gasteiger partial charge in [0.05, 0.1) is 18.0 Å². The zero-order chi connectivity index (χ0) is 18.7. The van der Waals surface area contributed by atoms with Crippen LogP contribution in [0.25, 0.3) is 0 Å². The maximum atomic E-state index is 12.9. The monoisotopic (exact) mass is 374 g/mol. The Labute approximate surface area is 153 Å². The number of methoxy groups -OCH3 is 1. The van der Waals surface area contributed by atoms with E-state index in [1.165, 1.54) is 11.2 Å². The molecule has 2 aromatic carbocycles. The molecule has 1 aliphatic rings. The number of carbonyl (C=O) groups excluding carboxylic acids is 1. The van der Waals surface area contributed by atoms with Gasteiger partial charge in [0.2, 0.25) is 15.9 Å². The van der Waals surface area contributed by atoms with Crippen molar-refractivity contribution in [1.82, 2.24) is 9.62 Å². The van der Waals surface area contributed by atoms with Gasteiger partial charge in [-0.05, 0) is 29.8 Å². The van der Waals surface area contributed by atoms with Crippen LogP contribution >= 0.6 is 0 Å². The van der Waals surface area contributed by atoms with Crippen molar-refractivity contribution in [2.24, 2.45) is 0 Å². The molecule has 138 valence electrons. The standard InChI is InChI=1S/C19H22N2O4S/c1-14(22)20-19-13-21(26(23,24)17-6-4-3-5-7-17)12-18(19)15-8-10-16(25-2)11-9-15/h3-11,18-19H,12-13H2,1-2H3,(H,20,22). The first kappa shape index (κ1) is 18.4. The molecule has 3 rings (SSSR count). The number of carbonyl (C=O) groups is 1. The highest BCUT2D eigenvalue weighted by Gasteiger charge is 2.40. The molecule has 1 amide bonds. The van der Waals surface area contributed by atoms with E-state index in [0.29, 0.717) is 6.54 Å². The van der Waals surface area contributed by atoms with Gasteiger partial charge in [0, 0.05) is 25.9 Å². The van der Waals surface area contributed by atoms with Crippen LogP contribution in [0.3, 0.4) is 0 Å². The molecule has 6 nitrogen and oxygen atoms in total. The zero-order valence-electron chi connectivity index (χ0n) is 14.8. The summed E-state index contributed by atoms with van der Waals surface area (Å²) in [6, 6.07) is 15.6. The second-order valence-corrected chi connectivity index (χ2v) is 8.26. The Bertz CT molecular complexity index is 866. The zero-order valence-corrected chi connectivity index (χ0v) is 15.6. The van der Waals surface area contributed by atoms with Crippen molar-refractivity contribution in [2.45, 2.75) is 23.8 Å². The highest BCUT2D eigenvalue weighted by Crippen LogP contribution is 2.32. The highest BCUT2D eigenvalue weighted by molar-refractivity contribution is 7.89. The van der Waals surface area contributed by atoms with Crippen molar-refractivity contribution in [3.8, 4) is 5.75 Å². The number of amides is 1. The van der Waals surface area contributed by atoms with Crippen LogP contribution in [0.2, 0.25) is 0 Å². The van der Waals surface area contributed by atoms with Gasteiger partial charge in [-0.2, -0.15) is 4.31 Å². The van der Waals surface area contributed by atoms with Crippen LogP contribution in [0, 0.1) is 0 Å². The summed E-state index contributed by atoms with van der Waals surface area (Å²) in [6.45, 7) is 2.00. The summed E-state index contributed by atoms with van der Waals surface area (Å²) in [6.07, 6.45) is 0. The summed E-state index contributed by atoms with van der Waals surface area (Å²) in [7, 11) is -2.01. The molecule has 2 unspecified atom stereocenters. The Morgan fingerprint density at radius 2 is 1.73 bits per heavy atom. The van der Waals surface area contributed by atoms with Crippen LogP contribution in [0.5, 0.6) is 5.75 Å². The molecule has 26 heavy (non-hydrogen) atoms.